The van der Waals surface area contributed by atoms with Gasteiger partial charge in [0.25, 0.3) is 0 Å². The molecule has 24 heavy (non-hydrogen) atoms. The standard InChI is InChI=1S/C18H25N3O3/c1-2-3-10-18(19-20-18)11-8-15(22)21-13-12-17(16(23)24)9-6-4-5-7-14(17)21/h1,14H,3-13H2,(H,23,24)/t14-,17+/m0/s1. The van der Waals surface area contributed by atoms with Gasteiger partial charge in [0, 0.05) is 38.3 Å². The van der Waals surface area contributed by atoms with Gasteiger partial charge < -0.3 is 10.0 Å². The number of likely N-dealkylation sites (tertiary alicyclic amines) is 1. The lowest BCUT2D eigenvalue weighted by molar-refractivity contribution is -0.152. The van der Waals surface area contributed by atoms with Crippen LogP contribution in [0.5, 0.6) is 0 Å². The molecule has 0 spiro atoms. The minimum absolute atomic E-state index is 0.0439. The molecule has 1 saturated carbocycles. The fourth-order valence-corrected chi connectivity index (χ4v) is 4.39. The number of hydrogen-bond acceptors (Lipinski definition) is 4. The van der Waals surface area contributed by atoms with Crippen LogP contribution in [-0.2, 0) is 9.59 Å². The Morgan fingerprint density at radius 3 is 2.67 bits per heavy atom. The van der Waals surface area contributed by atoms with Crippen molar-refractivity contribution in [3.05, 3.63) is 0 Å². The zero-order valence-corrected chi connectivity index (χ0v) is 14.0. The number of aliphatic carboxylic acids is 1. The summed E-state index contributed by atoms with van der Waals surface area (Å²) in [5.41, 5.74) is -1.18. The number of hydrogen-bond donors (Lipinski definition) is 1. The summed E-state index contributed by atoms with van der Waals surface area (Å²) >= 11 is 0. The Balaban J connectivity index is 1.63. The molecule has 1 aliphatic carbocycles. The topological polar surface area (TPSA) is 82.3 Å². The number of carbonyl (C=O) groups is 2. The number of terminal acetylenes is 1. The molecule has 3 rings (SSSR count). The third-order valence-electron chi connectivity index (χ3n) is 5.95. The first-order valence-electron chi connectivity index (χ1n) is 8.93. The van der Waals surface area contributed by atoms with Crippen molar-refractivity contribution < 1.29 is 14.7 Å². The van der Waals surface area contributed by atoms with Crippen LogP contribution >= 0.6 is 0 Å². The Bertz CT molecular complexity index is 589. The number of amides is 1. The van der Waals surface area contributed by atoms with Crippen molar-refractivity contribution in [1.82, 2.24) is 4.90 Å². The van der Waals surface area contributed by atoms with Crippen LogP contribution in [-0.4, -0.2) is 40.1 Å². The number of fused-ring (bicyclic) bond motifs is 1. The molecule has 2 fully saturated rings. The molecular formula is C18H25N3O3. The van der Waals surface area contributed by atoms with Gasteiger partial charge in [0.1, 0.15) is 0 Å². The summed E-state index contributed by atoms with van der Waals surface area (Å²) in [4.78, 5) is 26.5. The molecule has 0 radical (unpaired) electrons. The summed E-state index contributed by atoms with van der Waals surface area (Å²) in [6.07, 6.45) is 12.6. The summed E-state index contributed by atoms with van der Waals surface area (Å²) in [6, 6.07) is -0.153. The Morgan fingerprint density at radius 1 is 1.21 bits per heavy atom. The molecule has 1 saturated heterocycles. The van der Waals surface area contributed by atoms with Crippen LogP contribution in [0, 0.1) is 17.8 Å². The van der Waals surface area contributed by atoms with E-state index in [4.69, 9.17) is 6.42 Å². The van der Waals surface area contributed by atoms with E-state index in [1.165, 1.54) is 0 Å². The van der Waals surface area contributed by atoms with Crippen LogP contribution in [0.25, 0.3) is 0 Å². The SMILES string of the molecule is C#CCCC1(CCC(=O)N2CC[C@]3(C(=O)O)CCCCC[C@H]23)N=N1. The number of carboxylic acid groups (broad SMARTS) is 1. The monoisotopic (exact) mass is 331 g/mol. The van der Waals surface area contributed by atoms with E-state index in [1.807, 2.05) is 4.90 Å². The predicted molar refractivity (Wildman–Crippen MR) is 88.2 cm³/mol. The van der Waals surface area contributed by atoms with E-state index in [2.05, 4.69) is 16.1 Å². The molecule has 0 bridgehead atoms. The second kappa shape index (κ2) is 6.54. The molecular weight excluding hydrogens is 306 g/mol. The lowest BCUT2D eigenvalue weighted by Gasteiger charge is -2.33. The first-order valence-corrected chi connectivity index (χ1v) is 8.93. The highest BCUT2D eigenvalue weighted by Gasteiger charge is 2.54. The van der Waals surface area contributed by atoms with Crippen molar-refractivity contribution >= 4 is 11.9 Å². The van der Waals surface area contributed by atoms with E-state index in [0.717, 1.165) is 25.7 Å². The second-order valence-corrected chi connectivity index (χ2v) is 7.30. The number of carboxylic acids is 1. The molecule has 2 heterocycles. The molecule has 1 N–H and O–H groups in total. The molecule has 0 aromatic carbocycles. The van der Waals surface area contributed by atoms with Crippen LogP contribution < -0.4 is 0 Å². The van der Waals surface area contributed by atoms with Crippen LogP contribution in [0.4, 0.5) is 0 Å². The van der Waals surface area contributed by atoms with Crippen molar-refractivity contribution in [2.24, 2.45) is 15.6 Å². The third kappa shape index (κ3) is 3.04. The predicted octanol–water partition coefficient (Wildman–Crippen LogP) is 2.98. The Labute approximate surface area is 142 Å². The van der Waals surface area contributed by atoms with E-state index in [0.29, 0.717) is 45.1 Å². The third-order valence-corrected chi connectivity index (χ3v) is 5.95. The maximum absolute atomic E-state index is 12.7. The quantitative estimate of drug-likeness (QED) is 0.760. The number of nitrogens with zero attached hydrogens (tertiary/aromatic N) is 3. The summed E-state index contributed by atoms with van der Waals surface area (Å²) in [5.74, 6) is 1.90. The lowest BCUT2D eigenvalue weighted by atomic mass is 9.76. The normalized spacial score (nSPS) is 30.3. The van der Waals surface area contributed by atoms with Crippen molar-refractivity contribution in [2.75, 3.05) is 6.54 Å². The molecule has 1 amide bonds. The van der Waals surface area contributed by atoms with Crippen LogP contribution in [0.15, 0.2) is 10.2 Å². The van der Waals surface area contributed by atoms with Gasteiger partial charge in [-0.05, 0) is 19.3 Å². The number of carbonyl (C=O) groups excluding carboxylic acids is 1. The average molecular weight is 331 g/mol. The van der Waals surface area contributed by atoms with Gasteiger partial charge in [0.05, 0.1) is 5.41 Å². The lowest BCUT2D eigenvalue weighted by Crippen LogP contribution is -2.46. The summed E-state index contributed by atoms with van der Waals surface area (Å²) < 4.78 is 0. The highest BCUT2D eigenvalue weighted by atomic mass is 16.4. The molecule has 3 aliphatic rings. The molecule has 6 nitrogen and oxygen atoms in total. The highest BCUT2D eigenvalue weighted by Crippen LogP contribution is 2.46. The van der Waals surface area contributed by atoms with E-state index >= 15 is 0 Å². The van der Waals surface area contributed by atoms with Crippen LogP contribution in [0.3, 0.4) is 0 Å². The van der Waals surface area contributed by atoms with Crippen molar-refractivity contribution in [3.63, 3.8) is 0 Å². The summed E-state index contributed by atoms with van der Waals surface area (Å²) in [5, 5.41) is 17.9. The van der Waals surface area contributed by atoms with E-state index in [9.17, 15) is 14.7 Å². The van der Waals surface area contributed by atoms with Crippen LogP contribution in [0.2, 0.25) is 0 Å². The zero-order chi connectivity index (χ0) is 17.2. The summed E-state index contributed by atoms with van der Waals surface area (Å²) in [6.45, 7) is 0.557. The molecule has 2 aliphatic heterocycles. The van der Waals surface area contributed by atoms with Gasteiger partial charge in [0.2, 0.25) is 5.91 Å². The highest BCUT2D eigenvalue weighted by molar-refractivity contribution is 5.81. The van der Waals surface area contributed by atoms with E-state index in [-0.39, 0.29) is 11.9 Å². The smallest absolute Gasteiger partial charge is 0.311 e. The minimum atomic E-state index is -0.734. The molecule has 6 heteroatoms. The molecule has 130 valence electrons. The van der Waals surface area contributed by atoms with Gasteiger partial charge in [-0.2, -0.15) is 10.2 Å². The van der Waals surface area contributed by atoms with Crippen molar-refractivity contribution in [3.8, 4) is 12.3 Å². The minimum Gasteiger partial charge on any atom is -0.481 e. The molecule has 0 aromatic rings. The summed E-state index contributed by atoms with van der Waals surface area (Å²) in [7, 11) is 0. The first kappa shape index (κ1) is 16.9. The van der Waals surface area contributed by atoms with E-state index in [1.54, 1.807) is 0 Å². The van der Waals surface area contributed by atoms with Crippen molar-refractivity contribution in [1.29, 1.82) is 0 Å². The largest absolute Gasteiger partial charge is 0.481 e. The van der Waals surface area contributed by atoms with Gasteiger partial charge in [0.15, 0.2) is 5.66 Å². The van der Waals surface area contributed by atoms with Crippen LogP contribution in [0.1, 0.15) is 64.2 Å². The first-order chi connectivity index (χ1) is 11.5. The maximum atomic E-state index is 12.7. The zero-order valence-electron chi connectivity index (χ0n) is 14.0. The second-order valence-electron chi connectivity index (χ2n) is 7.30. The molecule has 0 unspecified atom stereocenters. The Kier molecular flexibility index (Phi) is 4.62. The maximum Gasteiger partial charge on any atom is 0.311 e. The van der Waals surface area contributed by atoms with Gasteiger partial charge in [-0.25, -0.2) is 0 Å². The fourth-order valence-electron chi connectivity index (χ4n) is 4.39. The van der Waals surface area contributed by atoms with Gasteiger partial charge in [-0.1, -0.05) is 19.3 Å². The molecule has 2 atom stereocenters. The van der Waals surface area contributed by atoms with Gasteiger partial charge in [-0.3, -0.25) is 9.59 Å². The number of rotatable bonds is 6. The Hall–Kier alpha value is -1.90. The van der Waals surface area contributed by atoms with Gasteiger partial charge >= 0.3 is 5.97 Å². The van der Waals surface area contributed by atoms with Gasteiger partial charge in [-0.15, -0.1) is 12.3 Å². The fraction of sp³-hybridized carbons (Fsp3) is 0.778. The Morgan fingerprint density at radius 2 is 2.00 bits per heavy atom. The molecule has 0 aromatic heterocycles. The average Bonchev–Trinajstić information content (AvgIpc) is 3.30. The van der Waals surface area contributed by atoms with Crippen molar-refractivity contribution in [2.45, 2.75) is 75.9 Å². The van der Waals surface area contributed by atoms with E-state index < -0.39 is 17.0 Å².